The van der Waals surface area contributed by atoms with Crippen molar-refractivity contribution in [2.45, 2.75) is 18.5 Å². The van der Waals surface area contributed by atoms with E-state index in [-0.39, 0.29) is 13.2 Å². The summed E-state index contributed by atoms with van der Waals surface area (Å²) in [5, 5.41) is 2.92. The van der Waals surface area contributed by atoms with E-state index in [9.17, 15) is 9.18 Å². The van der Waals surface area contributed by atoms with Crippen LogP contribution < -0.4 is 5.32 Å². The van der Waals surface area contributed by atoms with Crippen LogP contribution in [0.3, 0.4) is 0 Å². The van der Waals surface area contributed by atoms with Crippen LogP contribution in [0.5, 0.6) is 0 Å². The zero-order valence-corrected chi connectivity index (χ0v) is 9.78. The lowest BCUT2D eigenvalue weighted by Crippen LogP contribution is -2.42. The van der Waals surface area contributed by atoms with Gasteiger partial charge in [-0.3, -0.25) is 0 Å². The third-order valence-electron chi connectivity index (χ3n) is 3.10. The van der Waals surface area contributed by atoms with Crippen LogP contribution in [-0.2, 0) is 9.53 Å². The second kappa shape index (κ2) is 4.84. The van der Waals surface area contributed by atoms with E-state index in [0.29, 0.717) is 6.54 Å². The van der Waals surface area contributed by atoms with Crippen LogP contribution in [0.15, 0.2) is 30.3 Å². The minimum Gasteiger partial charge on any atom is -0.464 e. The first-order chi connectivity index (χ1) is 8.18. The Morgan fingerprint density at radius 3 is 2.88 bits per heavy atom. The van der Waals surface area contributed by atoms with Gasteiger partial charge in [0.1, 0.15) is 0 Å². The van der Waals surface area contributed by atoms with E-state index in [0.717, 1.165) is 5.56 Å². The van der Waals surface area contributed by atoms with E-state index in [1.165, 1.54) is 0 Å². The SMILES string of the molecule is CCOC(=O)[C@@]1(F)CNC[C@H]1c1ccccc1. The second-order valence-corrected chi connectivity index (χ2v) is 4.18. The maximum Gasteiger partial charge on any atom is 0.345 e. The van der Waals surface area contributed by atoms with Gasteiger partial charge < -0.3 is 10.1 Å². The molecule has 0 spiro atoms. The highest BCUT2D eigenvalue weighted by Crippen LogP contribution is 2.36. The third-order valence-corrected chi connectivity index (χ3v) is 3.10. The number of carbonyl (C=O) groups is 1. The molecule has 1 aromatic rings. The standard InChI is InChI=1S/C13H16FNO2/c1-2-17-12(16)13(14)9-15-8-11(13)10-6-4-3-5-7-10/h3-7,11,15H,2,8-9H2,1H3/t11-,13+/m0/s1. The lowest BCUT2D eigenvalue weighted by molar-refractivity contribution is -0.157. The van der Waals surface area contributed by atoms with Crippen molar-refractivity contribution in [3.8, 4) is 0 Å². The Hall–Kier alpha value is -1.42. The molecule has 92 valence electrons. The molecule has 1 saturated heterocycles. The molecule has 3 nitrogen and oxygen atoms in total. The minimum atomic E-state index is -1.95. The molecule has 0 aromatic heterocycles. The Labute approximate surface area is 100.0 Å². The summed E-state index contributed by atoms with van der Waals surface area (Å²) >= 11 is 0. The quantitative estimate of drug-likeness (QED) is 0.812. The predicted molar refractivity (Wildman–Crippen MR) is 62.5 cm³/mol. The van der Waals surface area contributed by atoms with Crippen molar-refractivity contribution in [2.24, 2.45) is 0 Å². The molecule has 1 N–H and O–H groups in total. The average Bonchev–Trinajstić information content (AvgIpc) is 2.74. The van der Waals surface area contributed by atoms with Gasteiger partial charge >= 0.3 is 5.97 Å². The molecule has 0 unspecified atom stereocenters. The summed E-state index contributed by atoms with van der Waals surface area (Å²) in [5.41, 5.74) is -1.12. The summed E-state index contributed by atoms with van der Waals surface area (Å²) in [6.45, 7) is 2.36. The molecule has 0 saturated carbocycles. The maximum atomic E-state index is 14.7. The molecular weight excluding hydrogens is 221 g/mol. The monoisotopic (exact) mass is 237 g/mol. The third kappa shape index (κ3) is 2.17. The number of hydrogen-bond donors (Lipinski definition) is 1. The van der Waals surface area contributed by atoms with E-state index >= 15 is 0 Å². The molecule has 2 rings (SSSR count). The number of benzene rings is 1. The summed E-state index contributed by atoms with van der Waals surface area (Å²) in [7, 11) is 0. The molecule has 1 heterocycles. The zero-order chi connectivity index (χ0) is 12.3. The lowest BCUT2D eigenvalue weighted by atomic mass is 9.86. The molecule has 1 aromatic carbocycles. The van der Waals surface area contributed by atoms with Gasteiger partial charge in [0.15, 0.2) is 0 Å². The summed E-state index contributed by atoms with van der Waals surface area (Å²) in [5.74, 6) is -1.23. The van der Waals surface area contributed by atoms with Crippen LogP contribution in [0, 0.1) is 0 Å². The number of esters is 1. The molecule has 1 aliphatic rings. The number of ether oxygens (including phenoxy) is 1. The highest BCUT2D eigenvalue weighted by Gasteiger charge is 2.51. The van der Waals surface area contributed by atoms with Crippen molar-refractivity contribution in [2.75, 3.05) is 19.7 Å². The zero-order valence-electron chi connectivity index (χ0n) is 9.78. The van der Waals surface area contributed by atoms with Crippen molar-refractivity contribution in [3.63, 3.8) is 0 Å². The van der Waals surface area contributed by atoms with Crippen LogP contribution in [0.1, 0.15) is 18.4 Å². The second-order valence-electron chi connectivity index (χ2n) is 4.18. The van der Waals surface area contributed by atoms with Crippen molar-refractivity contribution in [1.82, 2.24) is 5.32 Å². The van der Waals surface area contributed by atoms with Crippen LogP contribution in [0.25, 0.3) is 0 Å². The number of nitrogens with one attached hydrogen (secondary N) is 1. The van der Waals surface area contributed by atoms with E-state index in [1.54, 1.807) is 6.92 Å². The largest absolute Gasteiger partial charge is 0.464 e. The first-order valence-electron chi connectivity index (χ1n) is 5.80. The van der Waals surface area contributed by atoms with Crippen LogP contribution in [-0.4, -0.2) is 31.3 Å². The number of carbonyl (C=O) groups excluding carboxylic acids is 1. The molecule has 1 fully saturated rings. The molecule has 0 bridgehead atoms. The van der Waals surface area contributed by atoms with Crippen LogP contribution in [0.4, 0.5) is 4.39 Å². The molecular formula is C13H16FNO2. The van der Waals surface area contributed by atoms with Gasteiger partial charge in [-0.05, 0) is 12.5 Å². The molecule has 1 aliphatic heterocycles. The molecule has 2 atom stereocenters. The topological polar surface area (TPSA) is 38.3 Å². The molecule has 0 amide bonds. The van der Waals surface area contributed by atoms with E-state index < -0.39 is 17.6 Å². The summed E-state index contributed by atoms with van der Waals surface area (Å²) in [4.78, 5) is 11.7. The number of halogens is 1. The van der Waals surface area contributed by atoms with E-state index in [1.807, 2.05) is 30.3 Å². The fraction of sp³-hybridized carbons (Fsp3) is 0.462. The minimum absolute atomic E-state index is 0.0192. The molecule has 17 heavy (non-hydrogen) atoms. The van der Waals surface area contributed by atoms with Gasteiger partial charge in [0.2, 0.25) is 5.67 Å². The Morgan fingerprint density at radius 2 is 2.24 bits per heavy atom. The van der Waals surface area contributed by atoms with Crippen LogP contribution in [0.2, 0.25) is 0 Å². The van der Waals surface area contributed by atoms with Gasteiger partial charge in [0.25, 0.3) is 0 Å². The van der Waals surface area contributed by atoms with Gasteiger partial charge in [-0.15, -0.1) is 0 Å². The Kier molecular flexibility index (Phi) is 3.43. The Morgan fingerprint density at radius 1 is 1.53 bits per heavy atom. The Balaban J connectivity index is 2.25. The highest BCUT2D eigenvalue weighted by atomic mass is 19.1. The van der Waals surface area contributed by atoms with Gasteiger partial charge in [0.05, 0.1) is 6.61 Å². The van der Waals surface area contributed by atoms with Crippen molar-refractivity contribution in [1.29, 1.82) is 0 Å². The van der Waals surface area contributed by atoms with E-state index in [4.69, 9.17) is 4.74 Å². The molecule has 0 radical (unpaired) electrons. The average molecular weight is 237 g/mol. The fourth-order valence-electron chi connectivity index (χ4n) is 2.22. The van der Waals surface area contributed by atoms with Crippen molar-refractivity contribution < 1.29 is 13.9 Å². The normalized spacial score (nSPS) is 28.0. The van der Waals surface area contributed by atoms with Gasteiger partial charge in [-0.2, -0.15) is 0 Å². The highest BCUT2D eigenvalue weighted by molar-refractivity contribution is 5.82. The molecule has 4 heteroatoms. The maximum absolute atomic E-state index is 14.7. The number of hydrogen-bond acceptors (Lipinski definition) is 3. The first-order valence-corrected chi connectivity index (χ1v) is 5.80. The number of alkyl halides is 1. The number of rotatable bonds is 3. The lowest BCUT2D eigenvalue weighted by Gasteiger charge is -2.24. The predicted octanol–water partition coefficient (Wildman–Crippen LogP) is 1.64. The van der Waals surface area contributed by atoms with Gasteiger partial charge in [0, 0.05) is 19.0 Å². The molecule has 0 aliphatic carbocycles. The first kappa shape index (κ1) is 12.0. The summed E-state index contributed by atoms with van der Waals surface area (Å²) < 4.78 is 19.5. The van der Waals surface area contributed by atoms with Gasteiger partial charge in [-0.25, -0.2) is 9.18 Å². The van der Waals surface area contributed by atoms with E-state index in [2.05, 4.69) is 5.32 Å². The summed E-state index contributed by atoms with van der Waals surface area (Å²) in [6, 6.07) is 9.24. The fourth-order valence-corrected chi connectivity index (χ4v) is 2.22. The Bertz CT molecular complexity index is 396. The van der Waals surface area contributed by atoms with Crippen molar-refractivity contribution >= 4 is 5.97 Å². The van der Waals surface area contributed by atoms with Crippen LogP contribution >= 0.6 is 0 Å². The summed E-state index contributed by atoms with van der Waals surface area (Å²) in [6.07, 6.45) is 0. The smallest absolute Gasteiger partial charge is 0.345 e. The van der Waals surface area contributed by atoms with Gasteiger partial charge in [-0.1, -0.05) is 30.3 Å². The van der Waals surface area contributed by atoms with Crippen molar-refractivity contribution in [3.05, 3.63) is 35.9 Å².